The molecule has 0 fully saturated rings. The van der Waals surface area contributed by atoms with E-state index in [4.69, 9.17) is 9.47 Å². The van der Waals surface area contributed by atoms with Gasteiger partial charge in [0.25, 0.3) is 5.91 Å². The SMILES string of the molecule is C=CCOc1ccc(C[NH+](C)CC(=O)Nc2ccccc2OC)cc1. The van der Waals surface area contributed by atoms with Crippen molar-refractivity contribution in [1.82, 2.24) is 0 Å². The second-order valence-electron chi connectivity index (χ2n) is 5.80. The summed E-state index contributed by atoms with van der Waals surface area (Å²) in [4.78, 5) is 13.3. The molecule has 0 aliphatic rings. The summed E-state index contributed by atoms with van der Waals surface area (Å²) in [5.74, 6) is 1.42. The highest BCUT2D eigenvalue weighted by molar-refractivity contribution is 5.92. The fraction of sp³-hybridized carbons (Fsp3) is 0.250. The van der Waals surface area contributed by atoms with Crippen LogP contribution in [-0.4, -0.2) is 33.2 Å². The molecule has 132 valence electrons. The molecule has 0 aromatic heterocycles. The van der Waals surface area contributed by atoms with Crippen LogP contribution in [0.25, 0.3) is 0 Å². The van der Waals surface area contributed by atoms with Crippen LogP contribution in [0.2, 0.25) is 0 Å². The van der Waals surface area contributed by atoms with Gasteiger partial charge >= 0.3 is 0 Å². The van der Waals surface area contributed by atoms with Crippen molar-refractivity contribution in [3.8, 4) is 11.5 Å². The number of para-hydroxylation sites is 2. The summed E-state index contributed by atoms with van der Waals surface area (Å²) in [7, 11) is 3.58. The zero-order valence-electron chi connectivity index (χ0n) is 14.7. The largest absolute Gasteiger partial charge is 0.495 e. The number of methoxy groups -OCH3 is 1. The predicted octanol–water partition coefficient (Wildman–Crippen LogP) is 1.91. The van der Waals surface area contributed by atoms with Crippen molar-refractivity contribution in [2.75, 3.05) is 32.6 Å². The topological polar surface area (TPSA) is 52.0 Å². The minimum absolute atomic E-state index is 0.0482. The van der Waals surface area contributed by atoms with Gasteiger partial charge in [0.15, 0.2) is 6.54 Å². The number of benzene rings is 2. The van der Waals surface area contributed by atoms with E-state index in [1.54, 1.807) is 13.2 Å². The summed E-state index contributed by atoms with van der Waals surface area (Å²) in [6.45, 7) is 5.24. The third-order valence-corrected chi connectivity index (χ3v) is 3.64. The molecule has 5 nitrogen and oxygen atoms in total. The number of carbonyl (C=O) groups is 1. The Morgan fingerprint density at radius 3 is 2.60 bits per heavy atom. The third kappa shape index (κ3) is 5.97. The van der Waals surface area contributed by atoms with Crippen LogP contribution < -0.4 is 19.7 Å². The number of nitrogens with one attached hydrogen (secondary N) is 2. The minimum atomic E-state index is -0.0482. The molecule has 5 heteroatoms. The quantitative estimate of drug-likeness (QED) is 0.685. The van der Waals surface area contributed by atoms with Gasteiger partial charge in [0, 0.05) is 5.56 Å². The number of ether oxygens (including phenoxy) is 2. The van der Waals surface area contributed by atoms with Gasteiger partial charge in [0.2, 0.25) is 0 Å². The van der Waals surface area contributed by atoms with Crippen molar-refractivity contribution in [2.45, 2.75) is 6.54 Å². The zero-order valence-corrected chi connectivity index (χ0v) is 14.7. The van der Waals surface area contributed by atoms with E-state index in [2.05, 4.69) is 11.9 Å². The monoisotopic (exact) mass is 341 g/mol. The van der Waals surface area contributed by atoms with Crippen molar-refractivity contribution in [2.24, 2.45) is 0 Å². The average molecular weight is 341 g/mol. The van der Waals surface area contributed by atoms with Gasteiger partial charge in [-0.25, -0.2) is 0 Å². The molecule has 2 aromatic carbocycles. The number of carbonyl (C=O) groups excluding carboxylic acids is 1. The Kier molecular flexibility index (Phi) is 7.04. The molecular formula is C20H25N2O3+. The Hall–Kier alpha value is -2.79. The number of amides is 1. The Labute approximate surface area is 148 Å². The van der Waals surface area contributed by atoms with Crippen LogP contribution >= 0.6 is 0 Å². The molecule has 2 aromatic rings. The van der Waals surface area contributed by atoms with Gasteiger partial charge in [-0.2, -0.15) is 0 Å². The zero-order chi connectivity index (χ0) is 18.1. The Balaban J connectivity index is 1.85. The van der Waals surface area contributed by atoms with E-state index in [1.165, 1.54) is 0 Å². The minimum Gasteiger partial charge on any atom is -0.495 e. The molecular weight excluding hydrogens is 316 g/mol. The maximum absolute atomic E-state index is 12.2. The van der Waals surface area contributed by atoms with Gasteiger partial charge in [-0.3, -0.25) is 4.79 Å². The first-order chi connectivity index (χ1) is 12.1. The van der Waals surface area contributed by atoms with E-state index >= 15 is 0 Å². The first-order valence-corrected chi connectivity index (χ1v) is 8.19. The number of hydrogen-bond acceptors (Lipinski definition) is 3. The van der Waals surface area contributed by atoms with Crippen molar-refractivity contribution < 1.29 is 19.2 Å². The van der Waals surface area contributed by atoms with Crippen LogP contribution in [0.1, 0.15) is 5.56 Å². The van der Waals surface area contributed by atoms with Crippen molar-refractivity contribution in [3.63, 3.8) is 0 Å². The summed E-state index contributed by atoms with van der Waals surface area (Å²) in [5, 5.41) is 2.90. The lowest BCUT2D eigenvalue weighted by Gasteiger charge is -2.15. The van der Waals surface area contributed by atoms with Crippen LogP contribution in [0.3, 0.4) is 0 Å². The first-order valence-electron chi connectivity index (χ1n) is 8.19. The number of rotatable bonds is 9. The highest BCUT2D eigenvalue weighted by atomic mass is 16.5. The molecule has 25 heavy (non-hydrogen) atoms. The molecule has 2 rings (SSSR count). The number of anilines is 1. The van der Waals surface area contributed by atoms with Gasteiger partial charge in [-0.15, -0.1) is 0 Å². The molecule has 0 spiro atoms. The molecule has 0 radical (unpaired) electrons. The van der Waals surface area contributed by atoms with Gasteiger partial charge in [0.1, 0.15) is 24.7 Å². The normalized spacial score (nSPS) is 11.4. The van der Waals surface area contributed by atoms with Crippen LogP contribution in [0, 0.1) is 0 Å². The van der Waals surface area contributed by atoms with Gasteiger partial charge in [-0.05, 0) is 36.4 Å². The smallest absolute Gasteiger partial charge is 0.279 e. The first kappa shape index (κ1) is 18.5. The maximum atomic E-state index is 12.2. The van der Waals surface area contributed by atoms with Gasteiger partial charge in [-0.1, -0.05) is 24.8 Å². The average Bonchev–Trinajstić information content (AvgIpc) is 2.61. The highest BCUT2D eigenvalue weighted by Crippen LogP contribution is 2.22. The van der Waals surface area contributed by atoms with E-state index in [0.29, 0.717) is 24.6 Å². The number of hydrogen-bond donors (Lipinski definition) is 2. The van der Waals surface area contributed by atoms with Gasteiger partial charge in [0.05, 0.1) is 19.8 Å². The Morgan fingerprint density at radius 1 is 1.20 bits per heavy atom. The Morgan fingerprint density at radius 2 is 1.92 bits per heavy atom. The van der Waals surface area contributed by atoms with E-state index in [1.807, 2.05) is 55.6 Å². The highest BCUT2D eigenvalue weighted by Gasteiger charge is 2.12. The number of likely N-dealkylation sites (N-methyl/N-ethyl adjacent to an activating group) is 1. The lowest BCUT2D eigenvalue weighted by atomic mass is 10.2. The van der Waals surface area contributed by atoms with Crippen molar-refractivity contribution in [3.05, 3.63) is 66.7 Å². The summed E-state index contributed by atoms with van der Waals surface area (Å²) >= 11 is 0. The lowest BCUT2D eigenvalue weighted by Crippen LogP contribution is -3.08. The van der Waals surface area contributed by atoms with Gasteiger partial charge < -0.3 is 19.7 Å². The lowest BCUT2D eigenvalue weighted by molar-refractivity contribution is -0.885. The molecule has 1 atom stereocenters. The molecule has 1 amide bonds. The van der Waals surface area contributed by atoms with E-state index < -0.39 is 0 Å². The maximum Gasteiger partial charge on any atom is 0.279 e. The molecule has 0 aliphatic carbocycles. The van der Waals surface area contributed by atoms with Crippen molar-refractivity contribution in [1.29, 1.82) is 0 Å². The van der Waals surface area contributed by atoms with E-state index in [9.17, 15) is 4.79 Å². The van der Waals surface area contributed by atoms with Crippen LogP contribution in [0.15, 0.2) is 61.2 Å². The molecule has 0 saturated carbocycles. The fourth-order valence-corrected chi connectivity index (χ4v) is 2.49. The third-order valence-electron chi connectivity index (χ3n) is 3.64. The standard InChI is InChI=1S/C20H24N2O3/c1-4-13-25-17-11-9-16(10-12-17)14-22(2)15-20(23)21-18-7-5-6-8-19(18)24-3/h4-12H,1,13-15H2,2-3H3,(H,21,23)/p+1. The molecule has 2 N–H and O–H groups in total. The second kappa shape index (κ2) is 9.49. The van der Waals surface area contributed by atoms with Crippen LogP contribution in [0.4, 0.5) is 5.69 Å². The van der Waals surface area contributed by atoms with E-state index in [0.717, 1.165) is 22.8 Å². The number of quaternary nitrogens is 1. The second-order valence-corrected chi connectivity index (χ2v) is 5.80. The summed E-state index contributed by atoms with van der Waals surface area (Å²) in [5.41, 5.74) is 1.83. The fourth-order valence-electron chi connectivity index (χ4n) is 2.49. The summed E-state index contributed by atoms with van der Waals surface area (Å²) in [6.07, 6.45) is 1.71. The van der Waals surface area contributed by atoms with E-state index in [-0.39, 0.29) is 5.91 Å². The molecule has 1 unspecified atom stereocenters. The summed E-state index contributed by atoms with van der Waals surface area (Å²) < 4.78 is 10.7. The Bertz CT molecular complexity index is 698. The molecule has 0 aliphatic heterocycles. The van der Waals surface area contributed by atoms with Crippen molar-refractivity contribution >= 4 is 11.6 Å². The molecule has 0 heterocycles. The van der Waals surface area contributed by atoms with Crippen LogP contribution in [0.5, 0.6) is 11.5 Å². The predicted molar refractivity (Wildman–Crippen MR) is 99.2 cm³/mol. The van der Waals surface area contributed by atoms with Crippen LogP contribution in [-0.2, 0) is 11.3 Å². The molecule has 0 bridgehead atoms. The summed E-state index contributed by atoms with van der Waals surface area (Å²) in [6, 6.07) is 15.3. The molecule has 0 saturated heterocycles.